The first-order valence-electron chi connectivity index (χ1n) is 7.99. The number of rotatable bonds is 5. The second-order valence-electron chi connectivity index (χ2n) is 6.75. The predicted molar refractivity (Wildman–Crippen MR) is 97.9 cm³/mol. The van der Waals surface area contributed by atoms with Crippen molar-refractivity contribution in [1.82, 2.24) is 5.32 Å². The molecule has 1 N–H and O–H groups in total. The van der Waals surface area contributed by atoms with E-state index < -0.39 is 17.6 Å². The van der Waals surface area contributed by atoms with Crippen molar-refractivity contribution in [3.8, 4) is 5.75 Å². The zero-order chi connectivity index (χ0) is 18.6. The van der Waals surface area contributed by atoms with Gasteiger partial charge in [-0.25, -0.2) is 4.79 Å². The van der Waals surface area contributed by atoms with E-state index in [0.29, 0.717) is 10.8 Å². The van der Waals surface area contributed by atoms with Crippen molar-refractivity contribution in [2.24, 2.45) is 0 Å². The number of hydrogen-bond acceptors (Lipinski definition) is 4. The average molecular weight is 364 g/mol. The second-order valence-corrected chi connectivity index (χ2v) is 7.16. The molecule has 2 aromatic carbocycles. The van der Waals surface area contributed by atoms with Crippen LogP contribution >= 0.6 is 11.6 Å². The fourth-order valence-electron chi connectivity index (χ4n) is 2.25. The molecule has 2 aromatic rings. The van der Waals surface area contributed by atoms with Gasteiger partial charge in [-0.1, -0.05) is 35.9 Å². The Bertz CT molecular complexity index is 783. The number of ether oxygens (including phenoxy) is 2. The van der Waals surface area contributed by atoms with E-state index in [-0.39, 0.29) is 12.5 Å². The number of nitrogens with one attached hydrogen (secondary N) is 1. The van der Waals surface area contributed by atoms with E-state index in [1.807, 2.05) is 45.0 Å². The Balaban J connectivity index is 1.97. The number of esters is 1. The number of halogens is 1. The van der Waals surface area contributed by atoms with Gasteiger partial charge in [-0.2, -0.15) is 0 Å². The van der Waals surface area contributed by atoms with Crippen LogP contribution < -0.4 is 10.1 Å². The summed E-state index contributed by atoms with van der Waals surface area (Å²) in [6.07, 6.45) is -0.891. The van der Waals surface area contributed by atoms with Crippen LogP contribution in [0.4, 0.5) is 0 Å². The summed E-state index contributed by atoms with van der Waals surface area (Å²) < 4.78 is 10.7. The van der Waals surface area contributed by atoms with Crippen LogP contribution in [0.2, 0.25) is 5.02 Å². The molecular formula is C19H22ClNO4. The van der Waals surface area contributed by atoms with Crippen LogP contribution in [0.15, 0.2) is 36.4 Å². The largest absolute Gasteiger partial charge is 0.481 e. The Morgan fingerprint density at radius 3 is 2.40 bits per heavy atom. The standard InChI is InChI=1S/C19H22ClNO4/c1-12(18(23)21-19(2,3)4)25-17(22)11-24-16-10-9-15(20)13-7-5-6-8-14(13)16/h5-10,12H,11H2,1-4H3,(H,21,23)/t12-/m0/s1. The molecule has 25 heavy (non-hydrogen) atoms. The minimum atomic E-state index is -0.891. The molecule has 0 bridgehead atoms. The van der Waals surface area contributed by atoms with E-state index in [2.05, 4.69) is 5.32 Å². The SMILES string of the molecule is C[C@H](OC(=O)COc1ccc(Cl)c2ccccc12)C(=O)NC(C)(C)C. The highest BCUT2D eigenvalue weighted by Gasteiger charge is 2.22. The predicted octanol–water partition coefficient (Wildman–Crippen LogP) is 3.72. The van der Waals surface area contributed by atoms with Crippen LogP contribution in [0, 0.1) is 0 Å². The minimum Gasteiger partial charge on any atom is -0.481 e. The molecule has 0 heterocycles. The number of carbonyl (C=O) groups is 2. The van der Waals surface area contributed by atoms with Crippen molar-refractivity contribution in [2.75, 3.05) is 6.61 Å². The summed E-state index contributed by atoms with van der Waals surface area (Å²) in [5.41, 5.74) is -0.392. The van der Waals surface area contributed by atoms with Gasteiger partial charge in [0.25, 0.3) is 5.91 Å². The van der Waals surface area contributed by atoms with Gasteiger partial charge in [-0.05, 0) is 39.8 Å². The van der Waals surface area contributed by atoms with Crippen molar-refractivity contribution in [3.63, 3.8) is 0 Å². The van der Waals surface area contributed by atoms with Crippen LogP contribution in [-0.2, 0) is 14.3 Å². The Kier molecular flexibility index (Phi) is 5.90. The maximum Gasteiger partial charge on any atom is 0.344 e. The van der Waals surface area contributed by atoms with Crippen molar-refractivity contribution in [3.05, 3.63) is 41.4 Å². The fraction of sp³-hybridized carbons (Fsp3) is 0.368. The van der Waals surface area contributed by atoms with Crippen LogP contribution in [0.5, 0.6) is 5.75 Å². The lowest BCUT2D eigenvalue weighted by Gasteiger charge is -2.23. The highest BCUT2D eigenvalue weighted by Crippen LogP contribution is 2.31. The number of fused-ring (bicyclic) bond motifs is 1. The highest BCUT2D eigenvalue weighted by molar-refractivity contribution is 6.35. The van der Waals surface area contributed by atoms with Gasteiger partial charge in [0.1, 0.15) is 5.75 Å². The Morgan fingerprint density at radius 2 is 1.76 bits per heavy atom. The van der Waals surface area contributed by atoms with Gasteiger partial charge in [-0.3, -0.25) is 4.79 Å². The molecule has 0 saturated heterocycles. The molecule has 0 aliphatic carbocycles. The third-order valence-electron chi connectivity index (χ3n) is 3.35. The lowest BCUT2D eigenvalue weighted by atomic mass is 10.1. The summed E-state index contributed by atoms with van der Waals surface area (Å²) in [6.45, 7) is 6.80. The first-order chi connectivity index (χ1) is 11.7. The molecular weight excluding hydrogens is 342 g/mol. The highest BCUT2D eigenvalue weighted by atomic mass is 35.5. The van der Waals surface area contributed by atoms with E-state index in [9.17, 15) is 9.59 Å². The summed E-state index contributed by atoms with van der Waals surface area (Å²) in [4.78, 5) is 23.9. The Morgan fingerprint density at radius 1 is 1.12 bits per heavy atom. The number of carbonyl (C=O) groups excluding carboxylic acids is 2. The number of hydrogen-bond donors (Lipinski definition) is 1. The average Bonchev–Trinajstić information content (AvgIpc) is 2.53. The summed E-state index contributed by atoms with van der Waals surface area (Å²) in [6, 6.07) is 10.9. The molecule has 0 spiro atoms. The van der Waals surface area contributed by atoms with E-state index in [1.165, 1.54) is 6.92 Å². The van der Waals surface area contributed by atoms with Crippen LogP contribution in [-0.4, -0.2) is 30.1 Å². The van der Waals surface area contributed by atoms with Crippen molar-refractivity contribution in [2.45, 2.75) is 39.3 Å². The third-order valence-corrected chi connectivity index (χ3v) is 3.68. The summed E-state index contributed by atoms with van der Waals surface area (Å²) >= 11 is 6.16. The molecule has 0 aliphatic rings. The molecule has 0 radical (unpaired) electrons. The molecule has 134 valence electrons. The number of benzene rings is 2. The topological polar surface area (TPSA) is 64.6 Å². The first kappa shape index (κ1) is 19.1. The molecule has 5 nitrogen and oxygen atoms in total. The fourth-order valence-corrected chi connectivity index (χ4v) is 2.48. The quantitative estimate of drug-likeness (QED) is 0.822. The van der Waals surface area contributed by atoms with E-state index in [4.69, 9.17) is 21.1 Å². The summed E-state index contributed by atoms with van der Waals surface area (Å²) in [5.74, 6) is -0.433. The molecule has 1 atom stereocenters. The van der Waals surface area contributed by atoms with Gasteiger partial charge in [-0.15, -0.1) is 0 Å². The maximum atomic E-state index is 11.9. The summed E-state index contributed by atoms with van der Waals surface area (Å²) in [7, 11) is 0. The lowest BCUT2D eigenvalue weighted by molar-refractivity contribution is -0.157. The van der Waals surface area contributed by atoms with E-state index >= 15 is 0 Å². The smallest absolute Gasteiger partial charge is 0.344 e. The molecule has 2 rings (SSSR count). The Hall–Kier alpha value is -2.27. The van der Waals surface area contributed by atoms with Crippen LogP contribution in [0.3, 0.4) is 0 Å². The zero-order valence-electron chi connectivity index (χ0n) is 14.8. The molecule has 0 aromatic heterocycles. The van der Waals surface area contributed by atoms with Gasteiger partial charge < -0.3 is 14.8 Å². The minimum absolute atomic E-state index is 0.293. The van der Waals surface area contributed by atoms with Crippen molar-refractivity contribution < 1.29 is 19.1 Å². The van der Waals surface area contributed by atoms with Gasteiger partial charge in [0, 0.05) is 21.3 Å². The zero-order valence-corrected chi connectivity index (χ0v) is 15.5. The Labute approximate surface area is 152 Å². The monoisotopic (exact) mass is 363 g/mol. The molecule has 6 heteroatoms. The molecule has 0 saturated carbocycles. The second kappa shape index (κ2) is 7.74. The molecule has 1 amide bonds. The van der Waals surface area contributed by atoms with E-state index in [1.54, 1.807) is 12.1 Å². The third kappa shape index (κ3) is 5.36. The van der Waals surface area contributed by atoms with Gasteiger partial charge in [0.2, 0.25) is 0 Å². The normalized spacial score (nSPS) is 12.5. The van der Waals surface area contributed by atoms with Crippen molar-refractivity contribution >= 4 is 34.2 Å². The summed E-state index contributed by atoms with van der Waals surface area (Å²) in [5, 5.41) is 5.01. The van der Waals surface area contributed by atoms with Crippen LogP contribution in [0.25, 0.3) is 10.8 Å². The molecule has 0 aliphatic heterocycles. The molecule has 0 fully saturated rings. The number of amides is 1. The lowest BCUT2D eigenvalue weighted by Crippen LogP contribution is -2.46. The van der Waals surface area contributed by atoms with Crippen LogP contribution in [0.1, 0.15) is 27.7 Å². The van der Waals surface area contributed by atoms with Crippen molar-refractivity contribution in [1.29, 1.82) is 0 Å². The van der Waals surface area contributed by atoms with Gasteiger partial charge in [0.05, 0.1) is 0 Å². The first-order valence-corrected chi connectivity index (χ1v) is 8.37. The maximum absolute atomic E-state index is 11.9. The van der Waals surface area contributed by atoms with Gasteiger partial charge >= 0.3 is 5.97 Å². The van der Waals surface area contributed by atoms with Gasteiger partial charge in [0.15, 0.2) is 12.7 Å². The molecule has 0 unspecified atom stereocenters. The van der Waals surface area contributed by atoms with E-state index in [0.717, 1.165) is 10.8 Å².